The van der Waals surface area contributed by atoms with Gasteiger partial charge in [0, 0.05) is 7.05 Å². The van der Waals surface area contributed by atoms with Crippen molar-refractivity contribution in [3.8, 4) is 0 Å². The maximum atomic E-state index is 11.9. The molecular formula is C13H22ClN7O2. The summed E-state index contributed by atoms with van der Waals surface area (Å²) in [7, 11) is 1.77. The number of hydrogen-bond donors (Lipinski definition) is 4. The maximum absolute atomic E-state index is 11.9. The van der Waals surface area contributed by atoms with E-state index in [1.54, 1.807) is 11.7 Å². The lowest BCUT2D eigenvalue weighted by Crippen LogP contribution is -2.46. The van der Waals surface area contributed by atoms with Gasteiger partial charge >= 0.3 is 0 Å². The molecule has 9 nitrogen and oxygen atoms in total. The minimum Gasteiger partial charge on any atom is -0.346 e. The van der Waals surface area contributed by atoms with Gasteiger partial charge in [-0.05, 0) is 12.8 Å². The third kappa shape index (κ3) is 3.99. The minimum atomic E-state index is -0.632. The van der Waals surface area contributed by atoms with Crippen LogP contribution in [-0.4, -0.2) is 44.4 Å². The van der Waals surface area contributed by atoms with Crippen molar-refractivity contribution in [3.63, 3.8) is 0 Å². The standard InChI is InChI=1S/C13H21N7O2.ClH/c1-6(2)10(14)13(22)15-5-8(21)16-11-9-7(3)19-20(4)12(9)18-17-11;/h6,10H,5,14H2,1-4H3,(H,15,22)(H2,16,17,18,21);1H/t10-;/m0./s1. The molecule has 0 aliphatic heterocycles. The van der Waals surface area contributed by atoms with Crippen molar-refractivity contribution in [3.05, 3.63) is 5.69 Å². The average molecular weight is 344 g/mol. The van der Waals surface area contributed by atoms with Crippen molar-refractivity contribution >= 4 is 41.1 Å². The number of aromatic amines is 1. The van der Waals surface area contributed by atoms with Gasteiger partial charge in [0.25, 0.3) is 0 Å². The Morgan fingerprint density at radius 2 is 2.04 bits per heavy atom. The normalized spacial score (nSPS) is 12.1. The maximum Gasteiger partial charge on any atom is 0.244 e. The molecule has 0 radical (unpaired) electrons. The Morgan fingerprint density at radius 1 is 1.39 bits per heavy atom. The van der Waals surface area contributed by atoms with E-state index in [2.05, 4.69) is 25.9 Å². The van der Waals surface area contributed by atoms with Crippen LogP contribution in [0.5, 0.6) is 0 Å². The van der Waals surface area contributed by atoms with E-state index < -0.39 is 6.04 Å². The number of carbonyl (C=O) groups is 2. The largest absolute Gasteiger partial charge is 0.346 e. The van der Waals surface area contributed by atoms with Gasteiger partial charge in [0.05, 0.1) is 23.7 Å². The number of aromatic nitrogens is 4. The number of rotatable bonds is 5. The number of H-pyrrole nitrogens is 1. The number of fused-ring (bicyclic) bond motifs is 1. The molecule has 10 heteroatoms. The molecule has 2 heterocycles. The molecule has 0 aromatic carbocycles. The fraction of sp³-hybridized carbons (Fsp3) is 0.538. The molecule has 0 spiro atoms. The summed E-state index contributed by atoms with van der Waals surface area (Å²) in [5, 5.41) is 17.0. The van der Waals surface area contributed by atoms with E-state index in [0.717, 1.165) is 11.1 Å². The molecule has 0 saturated heterocycles. The van der Waals surface area contributed by atoms with Crippen LogP contribution in [0, 0.1) is 12.8 Å². The Morgan fingerprint density at radius 3 is 2.65 bits per heavy atom. The number of amides is 2. The van der Waals surface area contributed by atoms with Crippen LogP contribution in [0.4, 0.5) is 5.82 Å². The number of hydrogen-bond acceptors (Lipinski definition) is 5. The van der Waals surface area contributed by atoms with Crippen molar-refractivity contribution in [1.29, 1.82) is 0 Å². The van der Waals surface area contributed by atoms with E-state index in [9.17, 15) is 9.59 Å². The average Bonchev–Trinajstić information content (AvgIpc) is 2.98. The van der Waals surface area contributed by atoms with E-state index in [0.29, 0.717) is 11.5 Å². The van der Waals surface area contributed by atoms with Crippen LogP contribution in [0.3, 0.4) is 0 Å². The molecule has 5 N–H and O–H groups in total. The van der Waals surface area contributed by atoms with Crippen LogP contribution in [0.25, 0.3) is 11.0 Å². The molecule has 0 bridgehead atoms. The summed E-state index contributed by atoms with van der Waals surface area (Å²) < 4.78 is 1.63. The predicted molar refractivity (Wildman–Crippen MR) is 89.3 cm³/mol. The third-order valence-corrected chi connectivity index (χ3v) is 3.42. The zero-order valence-corrected chi connectivity index (χ0v) is 14.3. The molecule has 1 atom stereocenters. The topological polar surface area (TPSA) is 131 Å². The molecular weight excluding hydrogens is 322 g/mol. The van der Waals surface area contributed by atoms with Gasteiger partial charge in [-0.25, -0.2) is 4.68 Å². The fourth-order valence-corrected chi connectivity index (χ4v) is 2.09. The van der Waals surface area contributed by atoms with Crippen LogP contribution >= 0.6 is 12.4 Å². The second-order valence-corrected chi connectivity index (χ2v) is 5.54. The van der Waals surface area contributed by atoms with Crippen molar-refractivity contribution in [1.82, 2.24) is 25.3 Å². The van der Waals surface area contributed by atoms with E-state index >= 15 is 0 Å². The second kappa shape index (κ2) is 7.42. The smallest absolute Gasteiger partial charge is 0.244 e. The van der Waals surface area contributed by atoms with Crippen molar-refractivity contribution in [2.45, 2.75) is 26.8 Å². The van der Waals surface area contributed by atoms with E-state index in [1.165, 1.54) is 0 Å². The van der Waals surface area contributed by atoms with Gasteiger partial charge in [-0.15, -0.1) is 12.4 Å². The van der Waals surface area contributed by atoms with Gasteiger partial charge in [0.15, 0.2) is 5.65 Å². The number of aryl methyl sites for hydroxylation is 2. The molecule has 0 fully saturated rings. The molecule has 0 saturated carbocycles. The fourth-order valence-electron chi connectivity index (χ4n) is 2.09. The minimum absolute atomic E-state index is 0. The summed E-state index contributed by atoms with van der Waals surface area (Å²) in [6.07, 6.45) is 0. The monoisotopic (exact) mass is 343 g/mol. The van der Waals surface area contributed by atoms with Crippen molar-refractivity contribution < 1.29 is 9.59 Å². The molecule has 0 aliphatic carbocycles. The molecule has 0 aliphatic rings. The Kier molecular flexibility index (Phi) is 6.11. The molecule has 2 aromatic rings. The Labute approximate surface area is 139 Å². The molecule has 2 aromatic heterocycles. The SMILES string of the molecule is Cc1nn(C)c2n[nH]c(NC(=O)CNC(=O)[C@@H](N)C(C)C)c12.Cl. The Bertz CT molecular complexity index is 707. The van der Waals surface area contributed by atoms with Gasteiger partial charge in [0.1, 0.15) is 5.82 Å². The molecule has 0 unspecified atom stereocenters. The van der Waals surface area contributed by atoms with Gasteiger partial charge in [-0.1, -0.05) is 13.8 Å². The number of nitrogens with two attached hydrogens (primary N) is 1. The second-order valence-electron chi connectivity index (χ2n) is 5.54. The van der Waals surface area contributed by atoms with Gasteiger partial charge in [-0.3, -0.25) is 14.7 Å². The predicted octanol–water partition coefficient (Wildman–Crippen LogP) is 0.0646. The summed E-state index contributed by atoms with van der Waals surface area (Å²) in [6, 6.07) is -0.632. The quantitative estimate of drug-likeness (QED) is 0.610. The Balaban J connectivity index is 0.00000264. The van der Waals surface area contributed by atoms with Crippen LogP contribution in [-0.2, 0) is 16.6 Å². The number of carbonyl (C=O) groups excluding carboxylic acids is 2. The Hall–Kier alpha value is -2.13. The first-order chi connectivity index (χ1) is 10.3. The van der Waals surface area contributed by atoms with Crippen LogP contribution in [0.2, 0.25) is 0 Å². The molecule has 23 heavy (non-hydrogen) atoms. The van der Waals surface area contributed by atoms with Crippen LogP contribution in [0.1, 0.15) is 19.5 Å². The van der Waals surface area contributed by atoms with Gasteiger partial charge < -0.3 is 16.4 Å². The zero-order chi connectivity index (χ0) is 16.4. The zero-order valence-electron chi connectivity index (χ0n) is 13.5. The van der Waals surface area contributed by atoms with Gasteiger partial charge in [0.2, 0.25) is 11.8 Å². The summed E-state index contributed by atoms with van der Waals surface area (Å²) in [4.78, 5) is 23.6. The number of anilines is 1. The third-order valence-electron chi connectivity index (χ3n) is 3.42. The highest BCUT2D eigenvalue weighted by Gasteiger charge is 2.19. The highest BCUT2D eigenvalue weighted by Crippen LogP contribution is 2.22. The highest BCUT2D eigenvalue weighted by molar-refractivity contribution is 6.01. The van der Waals surface area contributed by atoms with Gasteiger partial charge in [-0.2, -0.15) is 10.2 Å². The first-order valence-corrected chi connectivity index (χ1v) is 7.02. The highest BCUT2D eigenvalue weighted by atomic mass is 35.5. The van der Waals surface area contributed by atoms with Crippen molar-refractivity contribution in [2.75, 3.05) is 11.9 Å². The van der Waals surface area contributed by atoms with E-state index in [1.807, 2.05) is 20.8 Å². The lowest BCUT2D eigenvalue weighted by Gasteiger charge is -2.14. The summed E-state index contributed by atoms with van der Waals surface area (Å²) in [5.74, 6) is -0.239. The first-order valence-electron chi connectivity index (χ1n) is 7.02. The molecule has 2 rings (SSSR count). The van der Waals surface area contributed by atoms with E-state index in [-0.39, 0.29) is 36.7 Å². The first kappa shape index (κ1) is 18.9. The number of nitrogens with one attached hydrogen (secondary N) is 3. The number of halogens is 1. The van der Waals surface area contributed by atoms with Crippen LogP contribution < -0.4 is 16.4 Å². The lowest BCUT2D eigenvalue weighted by atomic mass is 10.1. The van der Waals surface area contributed by atoms with E-state index in [4.69, 9.17) is 5.73 Å². The van der Waals surface area contributed by atoms with Crippen molar-refractivity contribution in [2.24, 2.45) is 18.7 Å². The van der Waals surface area contributed by atoms with Crippen LogP contribution in [0.15, 0.2) is 0 Å². The summed E-state index contributed by atoms with van der Waals surface area (Å²) >= 11 is 0. The lowest BCUT2D eigenvalue weighted by molar-refractivity contribution is -0.125. The molecule has 2 amide bonds. The summed E-state index contributed by atoms with van der Waals surface area (Å²) in [5.41, 5.74) is 7.12. The molecule has 128 valence electrons. The summed E-state index contributed by atoms with van der Waals surface area (Å²) in [6.45, 7) is 5.36. The number of nitrogens with zero attached hydrogens (tertiary/aromatic N) is 3.